The number of nitrogens with zero attached hydrogens (tertiary/aromatic N) is 1. The van der Waals surface area contributed by atoms with E-state index in [2.05, 4.69) is 0 Å². The number of rotatable bonds is 3. The second-order valence-corrected chi connectivity index (χ2v) is 8.84. The van der Waals surface area contributed by atoms with Crippen LogP contribution in [-0.4, -0.2) is 31.1 Å². The maximum atomic E-state index is 12.8. The third kappa shape index (κ3) is 1.90. The Hall–Kier alpha value is -2.15. The van der Waals surface area contributed by atoms with Crippen LogP contribution in [0.1, 0.15) is 13.3 Å². The van der Waals surface area contributed by atoms with Gasteiger partial charge in [0.1, 0.15) is 5.75 Å². The molecule has 1 aromatic rings. The topological polar surface area (TPSA) is 91.8 Å². The van der Waals surface area contributed by atoms with Crippen LogP contribution in [-0.2, 0) is 19.4 Å². The van der Waals surface area contributed by atoms with E-state index in [0.29, 0.717) is 0 Å². The third-order valence-electron chi connectivity index (χ3n) is 5.40. The van der Waals surface area contributed by atoms with Crippen molar-refractivity contribution in [1.29, 1.82) is 0 Å². The van der Waals surface area contributed by atoms with Crippen molar-refractivity contribution in [2.75, 3.05) is 10.7 Å². The summed E-state index contributed by atoms with van der Waals surface area (Å²) in [5, 5.41) is 10.1. The van der Waals surface area contributed by atoms with E-state index in [9.17, 15) is 23.1 Å². The molecule has 2 bridgehead atoms. The minimum atomic E-state index is -3.50. The lowest BCUT2D eigenvalue weighted by Crippen LogP contribution is -2.33. The van der Waals surface area contributed by atoms with E-state index in [1.54, 1.807) is 0 Å². The van der Waals surface area contributed by atoms with Gasteiger partial charge in [-0.1, -0.05) is 19.1 Å². The summed E-state index contributed by atoms with van der Waals surface area (Å²) >= 11 is 0. The zero-order valence-corrected chi connectivity index (χ0v) is 13.9. The van der Waals surface area contributed by atoms with Gasteiger partial charge in [0.25, 0.3) is 0 Å². The van der Waals surface area contributed by atoms with Gasteiger partial charge in [-0.3, -0.25) is 9.59 Å². The Morgan fingerprint density at radius 2 is 1.71 bits per heavy atom. The van der Waals surface area contributed by atoms with Gasteiger partial charge in [-0.15, -0.1) is 0 Å². The van der Waals surface area contributed by atoms with Crippen molar-refractivity contribution in [3.63, 3.8) is 0 Å². The first-order valence-electron chi connectivity index (χ1n) is 7.97. The van der Waals surface area contributed by atoms with Crippen molar-refractivity contribution in [1.82, 2.24) is 0 Å². The molecule has 2 amide bonds. The van der Waals surface area contributed by atoms with E-state index >= 15 is 0 Å². The fourth-order valence-corrected chi connectivity index (χ4v) is 5.08. The largest absolute Gasteiger partial charge is 0.506 e. The van der Waals surface area contributed by atoms with Crippen LogP contribution in [0.2, 0.25) is 0 Å². The van der Waals surface area contributed by atoms with Gasteiger partial charge in [0.05, 0.1) is 28.2 Å². The zero-order valence-electron chi connectivity index (χ0n) is 13.0. The quantitative estimate of drug-likeness (QED) is 0.661. The fraction of sp³-hybridized carbons (Fsp3) is 0.412. The number of allylic oxidation sites excluding steroid dienone is 2. The summed E-state index contributed by atoms with van der Waals surface area (Å²) in [4.78, 5) is 26.5. The molecule has 1 aromatic carbocycles. The molecule has 1 heterocycles. The Kier molecular flexibility index (Phi) is 3.16. The number of benzene rings is 1. The van der Waals surface area contributed by atoms with Gasteiger partial charge in [-0.2, -0.15) is 0 Å². The lowest BCUT2D eigenvalue weighted by molar-refractivity contribution is -0.123. The highest BCUT2D eigenvalue weighted by atomic mass is 32.2. The molecule has 1 aliphatic heterocycles. The molecule has 4 rings (SSSR count). The van der Waals surface area contributed by atoms with Gasteiger partial charge in [-0.05, 0) is 36.5 Å². The van der Waals surface area contributed by atoms with Crippen LogP contribution in [0.4, 0.5) is 5.69 Å². The van der Waals surface area contributed by atoms with Gasteiger partial charge in [0.2, 0.25) is 11.8 Å². The Balaban J connectivity index is 1.79. The maximum Gasteiger partial charge on any atom is 0.238 e. The Bertz CT molecular complexity index is 858. The average Bonchev–Trinajstić information content (AvgIpc) is 3.22. The number of hydrogen-bond donors (Lipinski definition) is 1. The minimum Gasteiger partial charge on any atom is -0.506 e. The van der Waals surface area contributed by atoms with Gasteiger partial charge in [0.15, 0.2) is 9.84 Å². The standard InChI is InChI=1S/C17H17NO5S/c1-2-24(22,23)11-5-6-13(19)12(8-11)18-16(20)14-9-3-4-10(7-9)15(14)17(18)21/h3-6,8-10,14-15,19H,2,7H2,1H3/t9-,10-,14-,15+/m0/s1. The molecular formula is C17H17NO5S. The summed E-state index contributed by atoms with van der Waals surface area (Å²) in [5.41, 5.74) is -0.0340. The molecule has 1 saturated heterocycles. The number of carbonyl (C=O) groups is 2. The number of phenols is 1. The average molecular weight is 347 g/mol. The van der Waals surface area contributed by atoms with Crippen LogP contribution in [0.15, 0.2) is 35.2 Å². The van der Waals surface area contributed by atoms with Crippen molar-refractivity contribution in [2.24, 2.45) is 23.7 Å². The fourth-order valence-electron chi connectivity index (χ4n) is 4.18. The van der Waals surface area contributed by atoms with E-state index in [-0.39, 0.29) is 45.7 Å². The van der Waals surface area contributed by atoms with Crippen LogP contribution in [0.3, 0.4) is 0 Å². The molecule has 0 spiro atoms. The molecule has 1 N–H and O–H groups in total. The van der Waals surface area contributed by atoms with Crippen LogP contribution in [0.25, 0.3) is 0 Å². The first kappa shape index (κ1) is 15.4. The first-order chi connectivity index (χ1) is 11.3. The summed E-state index contributed by atoms with van der Waals surface area (Å²) in [6.45, 7) is 1.52. The van der Waals surface area contributed by atoms with Crippen molar-refractivity contribution < 1.29 is 23.1 Å². The summed E-state index contributed by atoms with van der Waals surface area (Å²) in [7, 11) is -3.50. The second kappa shape index (κ2) is 4.92. The predicted molar refractivity (Wildman–Crippen MR) is 86.0 cm³/mol. The molecule has 7 heteroatoms. The van der Waals surface area contributed by atoms with E-state index < -0.39 is 21.7 Å². The molecule has 6 nitrogen and oxygen atoms in total. The number of hydrogen-bond acceptors (Lipinski definition) is 5. The zero-order chi connectivity index (χ0) is 17.2. The van der Waals surface area contributed by atoms with Crippen LogP contribution in [0.5, 0.6) is 5.75 Å². The van der Waals surface area contributed by atoms with Crippen molar-refractivity contribution >= 4 is 27.3 Å². The smallest absolute Gasteiger partial charge is 0.238 e. The molecule has 2 fully saturated rings. The van der Waals surface area contributed by atoms with Crippen molar-refractivity contribution in [3.05, 3.63) is 30.4 Å². The molecule has 4 atom stereocenters. The van der Waals surface area contributed by atoms with E-state index in [4.69, 9.17) is 0 Å². The highest BCUT2D eigenvalue weighted by molar-refractivity contribution is 7.91. The summed E-state index contributed by atoms with van der Waals surface area (Å²) in [6, 6.07) is 3.73. The molecule has 0 aromatic heterocycles. The Labute approximate surface area is 139 Å². The first-order valence-corrected chi connectivity index (χ1v) is 9.62. The van der Waals surface area contributed by atoms with E-state index in [1.165, 1.54) is 25.1 Å². The number of fused-ring (bicyclic) bond motifs is 5. The molecule has 0 unspecified atom stereocenters. The number of sulfone groups is 1. The Morgan fingerprint density at radius 1 is 1.12 bits per heavy atom. The van der Waals surface area contributed by atoms with Gasteiger partial charge < -0.3 is 5.11 Å². The molecule has 2 aliphatic carbocycles. The molecule has 126 valence electrons. The van der Waals surface area contributed by atoms with Gasteiger partial charge in [-0.25, -0.2) is 13.3 Å². The van der Waals surface area contributed by atoms with Crippen molar-refractivity contribution in [3.8, 4) is 5.75 Å². The van der Waals surface area contributed by atoms with Crippen molar-refractivity contribution in [2.45, 2.75) is 18.2 Å². The lowest BCUT2D eigenvalue weighted by atomic mass is 9.85. The van der Waals surface area contributed by atoms with Gasteiger partial charge in [0, 0.05) is 0 Å². The minimum absolute atomic E-state index is 0.00319. The summed E-state index contributed by atoms with van der Waals surface area (Å²) in [5.74, 6) is -1.72. The SMILES string of the molecule is CCS(=O)(=O)c1ccc(O)c(N2C(=O)[C@@H]3[C@H](C2=O)[C@H]2C=C[C@H]3C2)c1. The van der Waals surface area contributed by atoms with E-state index in [0.717, 1.165) is 11.3 Å². The summed E-state index contributed by atoms with van der Waals surface area (Å²) in [6.07, 6.45) is 4.79. The number of phenolic OH excluding ortho intramolecular Hbond substituents is 1. The number of aromatic hydroxyl groups is 1. The van der Waals surface area contributed by atoms with Gasteiger partial charge >= 0.3 is 0 Å². The molecule has 3 aliphatic rings. The molecule has 1 saturated carbocycles. The molecular weight excluding hydrogens is 330 g/mol. The number of amides is 2. The maximum absolute atomic E-state index is 12.8. The third-order valence-corrected chi connectivity index (χ3v) is 7.13. The monoisotopic (exact) mass is 347 g/mol. The number of imide groups is 1. The Morgan fingerprint density at radius 3 is 2.25 bits per heavy atom. The molecule has 0 radical (unpaired) electrons. The summed E-state index contributed by atoms with van der Waals surface area (Å²) < 4.78 is 24.1. The van der Waals surface area contributed by atoms with Crippen LogP contribution >= 0.6 is 0 Å². The van der Waals surface area contributed by atoms with E-state index in [1.807, 2.05) is 12.2 Å². The number of anilines is 1. The second-order valence-electron chi connectivity index (χ2n) is 6.57. The normalized spacial score (nSPS) is 31.1. The highest BCUT2D eigenvalue weighted by Gasteiger charge is 2.59. The predicted octanol–water partition coefficient (Wildman–Crippen LogP) is 1.50. The van der Waals surface area contributed by atoms with Crippen LogP contribution < -0.4 is 4.90 Å². The lowest BCUT2D eigenvalue weighted by Gasteiger charge is -2.19. The highest BCUT2D eigenvalue weighted by Crippen LogP contribution is 2.53. The van der Waals surface area contributed by atoms with Crippen LogP contribution in [0, 0.1) is 23.7 Å². The number of carbonyl (C=O) groups excluding carboxylic acids is 2. The molecule has 24 heavy (non-hydrogen) atoms.